The molecule has 2 aromatic carbocycles. The molecule has 0 fully saturated rings. The quantitative estimate of drug-likeness (QED) is 0.178. The molecule has 1 amide bonds. The van der Waals surface area contributed by atoms with Crippen molar-refractivity contribution < 1.29 is 14.3 Å². The zero-order valence-corrected chi connectivity index (χ0v) is 27.0. The fourth-order valence-electron chi connectivity index (χ4n) is 4.91. The Hall–Kier alpha value is -3.12. The maximum Gasteiger partial charge on any atom is 0.320 e. The second-order valence-corrected chi connectivity index (χ2v) is 16.5. The standard InChI is InChI=1S/C33H43N3O3S2/c1-22(2)39-31(37)20-34-19-27-12-14-28(15-13-27)32(38)36-33-35-30(21-40-33)29-11-9-10-26(18-29)16-17-41(23(3)4,24(5)6)25(7)8/h9-15,18,21-25,34H,19-20H2,1-8H3,(H,35,36,38). The van der Waals surface area contributed by atoms with Crippen LogP contribution in [0.5, 0.6) is 0 Å². The lowest BCUT2D eigenvalue weighted by Gasteiger charge is -2.46. The highest BCUT2D eigenvalue weighted by molar-refractivity contribution is 8.38. The van der Waals surface area contributed by atoms with Crippen LogP contribution >= 0.6 is 21.4 Å². The highest BCUT2D eigenvalue weighted by Gasteiger charge is 2.33. The molecule has 0 aliphatic rings. The summed E-state index contributed by atoms with van der Waals surface area (Å²) in [5.74, 6) is 2.99. The lowest BCUT2D eigenvalue weighted by molar-refractivity contribution is -0.146. The van der Waals surface area contributed by atoms with Crippen LogP contribution in [0.1, 0.15) is 76.9 Å². The van der Waals surface area contributed by atoms with Gasteiger partial charge in [-0.3, -0.25) is 14.9 Å². The average molecular weight is 594 g/mol. The minimum Gasteiger partial charge on any atom is -0.462 e. The molecule has 220 valence electrons. The number of carbonyl (C=O) groups is 2. The van der Waals surface area contributed by atoms with E-state index in [1.807, 2.05) is 49.6 Å². The van der Waals surface area contributed by atoms with Gasteiger partial charge in [-0.1, -0.05) is 71.7 Å². The number of nitrogens with zero attached hydrogens (tertiary/aromatic N) is 1. The Kier molecular flexibility index (Phi) is 11.6. The van der Waals surface area contributed by atoms with Gasteiger partial charge in [0.1, 0.15) is 0 Å². The van der Waals surface area contributed by atoms with Crippen molar-refractivity contribution >= 4 is 38.4 Å². The van der Waals surface area contributed by atoms with E-state index < -0.39 is 10.0 Å². The Balaban J connectivity index is 1.65. The molecule has 0 unspecified atom stereocenters. The molecule has 2 N–H and O–H groups in total. The predicted octanol–water partition coefficient (Wildman–Crippen LogP) is 7.44. The average Bonchev–Trinajstić information content (AvgIpc) is 3.37. The first kappa shape index (κ1) is 32.4. The summed E-state index contributed by atoms with van der Waals surface area (Å²) in [7, 11) is -1.12. The maximum absolute atomic E-state index is 12.8. The molecule has 8 heteroatoms. The van der Waals surface area contributed by atoms with E-state index in [0.717, 1.165) is 22.4 Å². The van der Waals surface area contributed by atoms with Crippen molar-refractivity contribution in [1.29, 1.82) is 0 Å². The monoisotopic (exact) mass is 593 g/mol. The molecule has 3 rings (SSSR count). The van der Waals surface area contributed by atoms with Gasteiger partial charge in [-0.15, -0.1) is 11.3 Å². The Morgan fingerprint density at radius 1 is 0.951 bits per heavy atom. The summed E-state index contributed by atoms with van der Waals surface area (Å²) in [5, 5.41) is 13.8. The Bertz CT molecular complexity index is 1360. The van der Waals surface area contributed by atoms with Crippen molar-refractivity contribution in [2.75, 3.05) is 11.9 Å². The van der Waals surface area contributed by atoms with Crippen molar-refractivity contribution in [2.24, 2.45) is 0 Å². The highest BCUT2D eigenvalue weighted by Crippen LogP contribution is 2.59. The van der Waals surface area contributed by atoms with Gasteiger partial charge in [0.2, 0.25) is 0 Å². The molecule has 0 aliphatic carbocycles. The van der Waals surface area contributed by atoms with Gasteiger partial charge in [0, 0.05) is 28.6 Å². The van der Waals surface area contributed by atoms with Crippen molar-refractivity contribution in [1.82, 2.24) is 10.3 Å². The van der Waals surface area contributed by atoms with E-state index >= 15 is 0 Å². The number of carbonyl (C=O) groups excluding carboxylic acids is 2. The second-order valence-electron chi connectivity index (χ2n) is 11.0. The first-order chi connectivity index (χ1) is 19.4. The van der Waals surface area contributed by atoms with E-state index in [0.29, 0.717) is 33.0 Å². The van der Waals surface area contributed by atoms with Gasteiger partial charge in [-0.25, -0.2) is 4.98 Å². The van der Waals surface area contributed by atoms with Gasteiger partial charge in [0.15, 0.2) is 5.13 Å². The normalized spacial score (nSPS) is 12.0. The third kappa shape index (κ3) is 8.68. The molecule has 0 saturated carbocycles. The number of benzene rings is 2. The number of hydrogen-bond acceptors (Lipinski definition) is 6. The molecule has 0 saturated heterocycles. The number of thiazole rings is 1. The van der Waals surface area contributed by atoms with Crippen LogP contribution in [-0.2, 0) is 16.1 Å². The fourth-order valence-corrected chi connectivity index (χ4v) is 9.89. The predicted molar refractivity (Wildman–Crippen MR) is 175 cm³/mol. The fraction of sp³-hybridized carbons (Fsp3) is 0.424. The van der Waals surface area contributed by atoms with Crippen LogP contribution in [0.3, 0.4) is 0 Å². The smallest absolute Gasteiger partial charge is 0.320 e. The lowest BCUT2D eigenvalue weighted by atomic mass is 10.1. The molecule has 41 heavy (non-hydrogen) atoms. The van der Waals surface area contributed by atoms with Crippen molar-refractivity contribution in [3.63, 3.8) is 0 Å². The minimum absolute atomic E-state index is 0.133. The van der Waals surface area contributed by atoms with Crippen LogP contribution in [0.25, 0.3) is 11.3 Å². The maximum atomic E-state index is 12.8. The van der Waals surface area contributed by atoms with Crippen LogP contribution in [0.4, 0.5) is 5.13 Å². The van der Waals surface area contributed by atoms with E-state index in [1.165, 1.54) is 11.3 Å². The number of rotatable bonds is 11. The summed E-state index contributed by atoms with van der Waals surface area (Å²) in [6.07, 6.45) is -0.133. The van der Waals surface area contributed by atoms with E-state index in [9.17, 15) is 9.59 Å². The molecule has 0 bridgehead atoms. The lowest BCUT2D eigenvalue weighted by Crippen LogP contribution is -2.27. The largest absolute Gasteiger partial charge is 0.462 e. The Morgan fingerprint density at radius 3 is 2.22 bits per heavy atom. The third-order valence-electron chi connectivity index (χ3n) is 6.78. The van der Waals surface area contributed by atoms with E-state index in [2.05, 4.69) is 74.4 Å². The number of aromatic nitrogens is 1. The summed E-state index contributed by atoms with van der Waals surface area (Å²) >= 11 is 1.39. The van der Waals surface area contributed by atoms with Crippen molar-refractivity contribution in [2.45, 2.75) is 83.8 Å². The highest BCUT2D eigenvalue weighted by atomic mass is 32.3. The molecule has 3 aromatic rings. The van der Waals surface area contributed by atoms with Crippen LogP contribution in [0.15, 0.2) is 53.9 Å². The van der Waals surface area contributed by atoms with Crippen molar-refractivity contribution in [3.8, 4) is 22.4 Å². The molecule has 1 aromatic heterocycles. The van der Waals surface area contributed by atoms with Crippen LogP contribution in [0, 0.1) is 11.2 Å². The van der Waals surface area contributed by atoms with Gasteiger partial charge in [0.05, 0.1) is 18.3 Å². The molecule has 0 spiro atoms. The molecule has 0 radical (unpaired) electrons. The number of amides is 1. The first-order valence-corrected chi connectivity index (χ1v) is 16.8. The zero-order valence-electron chi connectivity index (χ0n) is 25.4. The molecule has 0 aliphatic heterocycles. The summed E-state index contributed by atoms with van der Waals surface area (Å²) in [6, 6.07) is 15.4. The van der Waals surface area contributed by atoms with Crippen molar-refractivity contribution in [3.05, 3.63) is 70.6 Å². The SMILES string of the molecule is CC(C)OC(=O)CNCc1ccc(C(=O)Nc2nc(-c3cccc(C#CS(C(C)C)(C(C)C)C(C)C)c3)cs2)cc1. The molecule has 6 nitrogen and oxygen atoms in total. The van der Waals surface area contributed by atoms with Gasteiger partial charge in [-0.05, 0) is 64.7 Å². The van der Waals surface area contributed by atoms with Crippen LogP contribution < -0.4 is 10.6 Å². The third-order valence-corrected chi connectivity index (χ3v) is 12.7. The van der Waals surface area contributed by atoms with Gasteiger partial charge < -0.3 is 10.1 Å². The van der Waals surface area contributed by atoms with Gasteiger partial charge in [-0.2, -0.15) is 10.0 Å². The molecule has 0 atom stereocenters. The summed E-state index contributed by atoms with van der Waals surface area (Å²) < 4.78 is 5.11. The topological polar surface area (TPSA) is 80.3 Å². The van der Waals surface area contributed by atoms with Crippen LogP contribution in [0.2, 0.25) is 0 Å². The number of anilines is 1. The number of esters is 1. The summed E-state index contributed by atoms with van der Waals surface area (Å²) in [4.78, 5) is 29.2. The van der Waals surface area contributed by atoms with E-state index in [1.54, 1.807) is 12.1 Å². The van der Waals surface area contributed by atoms with Gasteiger partial charge >= 0.3 is 5.97 Å². The van der Waals surface area contributed by atoms with E-state index in [4.69, 9.17) is 4.74 Å². The van der Waals surface area contributed by atoms with E-state index in [-0.39, 0.29) is 24.5 Å². The number of nitrogens with one attached hydrogen (secondary N) is 2. The van der Waals surface area contributed by atoms with Gasteiger partial charge in [0.25, 0.3) is 5.91 Å². The second kappa shape index (κ2) is 14.7. The minimum atomic E-state index is -1.12. The molecular weight excluding hydrogens is 551 g/mol. The summed E-state index contributed by atoms with van der Waals surface area (Å²) in [5.41, 5.74) is 4.26. The molecular formula is C33H43N3O3S2. The Labute approximate surface area is 251 Å². The molecule has 1 heterocycles. The number of ether oxygens (including phenoxy) is 1. The summed E-state index contributed by atoms with van der Waals surface area (Å²) in [6.45, 7) is 18.1. The Morgan fingerprint density at radius 2 is 1.61 bits per heavy atom. The number of hydrogen-bond donors (Lipinski definition) is 2. The first-order valence-electron chi connectivity index (χ1n) is 14.1. The van der Waals surface area contributed by atoms with Crippen LogP contribution in [-0.4, -0.2) is 45.3 Å². The zero-order chi connectivity index (χ0) is 30.2.